The number of anilines is 3. The summed E-state index contributed by atoms with van der Waals surface area (Å²) < 4.78 is 7.01. The fourth-order valence-corrected chi connectivity index (χ4v) is 3.89. The van der Waals surface area contributed by atoms with E-state index in [0.29, 0.717) is 30.2 Å². The molecule has 3 heterocycles. The molecular formula is C27H25N7O3. The SMILES string of the molecule is COc1cccc([C@@H]2CCON2C(=O)Nc2cccc(C#Cc3cnc(Nc4cnn(C)c4)nc3)c2)c1. The molecule has 2 aromatic carbocycles. The monoisotopic (exact) mass is 495 g/mol. The molecule has 5 rings (SSSR count). The van der Waals surface area contributed by atoms with E-state index in [1.807, 2.05) is 55.7 Å². The molecule has 0 unspecified atom stereocenters. The molecule has 10 nitrogen and oxygen atoms in total. The van der Waals surface area contributed by atoms with Gasteiger partial charge in [-0.1, -0.05) is 30.0 Å². The highest BCUT2D eigenvalue weighted by Crippen LogP contribution is 2.32. The number of rotatable bonds is 5. The number of nitrogens with one attached hydrogen (secondary N) is 2. The molecule has 0 saturated carbocycles. The maximum atomic E-state index is 13.0. The van der Waals surface area contributed by atoms with Gasteiger partial charge in [0, 0.05) is 43.3 Å². The molecule has 10 heteroatoms. The summed E-state index contributed by atoms with van der Waals surface area (Å²) in [6, 6.07) is 14.4. The van der Waals surface area contributed by atoms with Crippen molar-refractivity contribution in [2.24, 2.45) is 7.05 Å². The van der Waals surface area contributed by atoms with Gasteiger partial charge in [-0.2, -0.15) is 10.2 Å². The second kappa shape index (κ2) is 10.8. The fourth-order valence-electron chi connectivity index (χ4n) is 3.89. The summed E-state index contributed by atoms with van der Waals surface area (Å²) in [5.74, 6) is 7.34. The van der Waals surface area contributed by atoms with Crippen LogP contribution in [0.3, 0.4) is 0 Å². The van der Waals surface area contributed by atoms with E-state index in [2.05, 4.69) is 37.5 Å². The van der Waals surface area contributed by atoms with Crippen molar-refractivity contribution >= 4 is 23.4 Å². The van der Waals surface area contributed by atoms with Crippen molar-refractivity contribution in [2.45, 2.75) is 12.5 Å². The lowest BCUT2D eigenvalue weighted by Crippen LogP contribution is -2.33. The minimum absolute atomic E-state index is 0.200. The number of ether oxygens (including phenoxy) is 1. The Hall–Kier alpha value is -4.88. The topological polar surface area (TPSA) is 106 Å². The molecule has 0 bridgehead atoms. The van der Waals surface area contributed by atoms with Crippen LogP contribution in [0.15, 0.2) is 73.3 Å². The van der Waals surface area contributed by atoms with Gasteiger partial charge in [0.25, 0.3) is 0 Å². The number of amides is 2. The van der Waals surface area contributed by atoms with Crippen molar-refractivity contribution in [1.29, 1.82) is 0 Å². The average molecular weight is 496 g/mol. The van der Waals surface area contributed by atoms with E-state index >= 15 is 0 Å². The molecule has 2 aromatic heterocycles. The molecule has 1 atom stereocenters. The molecule has 2 amide bonds. The maximum absolute atomic E-state index is 13.0. The van der Waals surface area contributed by atoms with Crippen LogP contribution in [0.2, 0.25) is 0 Å². The van der Waals surface area contributed by atoms with Crippen molar-refractivity contribution in [3.05, 3.63) is 90.0 Å². The van der Waals surface area contributed by atoms with Crippen molar-refractivity contribution < 1.29 is 14.4 Å². The molecule has 1 saturated heterocycles. The highest BCUT2D eigenvalue weighted by molar-refractivity contribution is 5.89. The van der Waals surface area contributed by atoms with Crippen LogP contribution in [0.25, 0.3) is 0 Å². The minimum atomic E-state index is -0.347. The second-order valence-corrected chi connectivity index (χ2v) is 8.32. The van der Waals surface area contributed by atoms with Gasteiger partial charge < -0.3 is 15.4 Å². The standard InChI is InChI=1S/C27H25N7O3/c1-33-18-23(17-30-33)31-26-28-15-20(16-29-26)10-9-19-5-3-7-22(13-19)32-27(35)34-25(11-12-37-34)21-6-4-8-24(14-21)36-2/h3-8,13-18,25H,11-12H2,1-2H3,(H,32,35)(H,28,29,31)/t25-/m0/s1. The number of hydrogen-bond acceptors (Lipinski definition) is 7. The van der Waals surface area contributed by atoms with Crippen molar-refractivity contribution in [3.8, 4) is 17.6 Å². The van der Waals surface area contributed by atoms with Gasteiger partial charge in [-0.05, 0) is 35.9 Å². The fraction of sp³-hybridized carbons (Fsp3) is 0.185. The van der Waals surface area contributed by atoms with Crippen LogP contribution in [0, 0.1) is 11.8 Å². The molecule has 0 radical (unpaired) electrons. The van der Waals surface area contributed by atoms with Gasteiger partial charge in [-0.3, -0.25) is 9.52 Å². The predicted molar refractivity (Wildman–Crippen MR) is 138 cm³/mol. The van der Waals surface area contributed by atoms with Gasteiger partial charge >= 0.3 is 6.03 Å². The van der Waals surface area contributed by atoms with Crippen LogP contribution < -0.4 is 15.4 Å². The minimum Gasteiger partial charge on any atom is -0.497 e. The van der Waals surface area contributed by atoms with E-state index in [4.69, 9.17) is 9.57 Å². The number of carbonyl (C=O) groups excluding carboxylic acids is 1. The van der Waals surface area contributed by atoms with Crippen LogP contribution in [0.4, 0.5) is 22.1 Å². The summed E-state index contributed by atoms with van der Waals surface area (Å²) in [4.78, 5) is 27.2. The Morgan fingerprint density at radius 1 is 1.05 bits per heavy atom. The van der Waals surface area contributed by atoms with Crippen molar-refractivity contribution in [2.75, 3.05) is 24.4 Å². The van der Waals surface area contributed by atoms with E-state index in [0.717, 1.165) is 22.6 Å². The third kappa shape index (κ3) is 5.86. The number of benzene rings is 2. The highest BCUT2D eigenvalue weighted by Gasteiger charge is 2.32. The van der Waals surface area contributed by atoms with Gasteiger partial charge in [0.1, 0.15) is 5.75 Å². The van der Waals surface area contributed by atoms with Crippen LogP contribution in [-0.4, -0.2) is 44.6 Å². The number of methoxy groups -OCH3 is 1. The summed E-state index contributed by atoms with van der Waals surface area (Å²) in [5.41, 5.74) is 3.77. The molecule has 37 heavy (non-hydrogen) atoms. The lowest BCUT2D eigenvalue weighted by atomic mass is 10.0. The first-order valence-electron chi connectivity index (χ1n) is 11.6. The van der Waals surface area contributed by atoms with Crippen LogP contribution in [0.1, 0.15) is 29.2 Å². The number of carbonyl (C=O) groups is 1. The van der Waals surface area contributed by atoms with Crippen LogP contribution in [-0.2, 0) is 11.9 Å². The number of urea groups is 1. The van der Waals surface area contributed by atoms with E-state index in [-0.39, 0.29) is 12.1 Å². The second-order valence-electron chi connectivity index (χ2n) is 8.32. The molecule has 0 spiro atoms. The summed E-state index contributed by atoms with van der Waals surface area (Å²) >= 11 is 0. The van der Waals surface area contributed by atoms with Gasteiger partial charge in [0.05, 0.1) is 37.2 Å². The third-order valence-corrected chi connectivity index (χ3v) is 5.66. The number of aryl methyl sites for hydroxylation is 1. The normalized spacial score (nSPS) is 14.5. The molecule has 186 valence electrons. The lowest BCUT2D eigenvalue weighted by Gasteiger charge is -2.23. The molecule has 2 N–H and O–H groups in total. The summed E-state index contributed by atoms with van der Waals surface area (Å²) in [6.07, 6.45) is 7.52. The van der Waals surface area contributed by atoms with Crippen molar-refractivity contribution in [1.82, 2.24) is 24.8 Å². The zero-order valence-corrected chi connectivity index (χ0v) is 20.4. The van der Waals surface area contributed by atoms with E-state index in [9.17, 15) is 4.79 Å². The largest absolute Gasteiger partial charge is 0.497 e. The Balaban J connectivity index is 1.23. The van der Waals surface area contributed by atoms with Gasteiger partial charge in [-0.25, -0.2) is 14.8 Å². The summed E-state index contributed by atoms with van der Waals surface area (Å²) in [5, 5.41) is 11.5. The first kappa shape index (κ1) is 23.8. The maximum Gasteiger partial charge on any atom is 0.346 e. The third-order valence-electron chi connectivity index (χ3n) is 5.66. The molecule has 0 aliphatic carbocycles. The summed E-state index contributed by atoms with van der Waals surface area (Å²) in [7, 11) is 3.46. The van der Waals surface area contributed by atoms with Gasteiger partial charge in [-0.15, -0.1) is 0 Å². The number of hydroxylamine groups is 2. The van der Waals surface area contributed by atoms with E-state index < -0.39 is 0 Å². The molecule has 4 aromatic rings. The van der Waals surface area contributed by atoms with Crippen LogP contribution in [0.5, 0.6) is 5.75 Å². The van der Waals surface area contributed by atoms with Crippen LogP contribution >= 0.6 is 0 Å². The Labute approximate surface area is 214 Å². The van der Waals surface area contributed by atoms with Crippen molar-refractivity contribution in [3.63, 3.8) is 0 Å². The van der Waals surface area contributed by atoms with E-state index in [1.54, 1.807) is 36.4 Å². The number of nitrogens with zero attached hydrogens (tertiary/aromatic N) is 5. The molecular weight excluding hydrogens is 470 g/mol. The lowest BCUT2D eigenvalue weighted by molar-refractivity contribution is -0.0830. The zero-order chi connectivity index (χ0) is 25.6. The predicted octanol–water partition coefficient (Wildman–Crippen LogP) is 4.27. The quantitative estimate of drug-likeness (QED) is 0.398. The summed E-state index contributed by atoms with van der Waals surface area (Å²) in [6.45, 7) is 0.458. The molecule has 1 aliphatic heterocycles. The molecule has 1 aliphatic rings. The number of aromatic nitrogens is 4. The Morgan fingerprint density at radius 3 is 2.65 bits per heavy atom. The average Bonchev–Trinajstić information content (AvgIpc) is 3.58. The van der Waals surface area contributed by atoms with Gasteiger partial charge in [0.15, 0.2) is 0 Å². The molecule has 1 fully saturated rings. The first-order chi connectivity index (χ1) is 18.1. The number of hydrogen-bond donors (Lipinski definition) is 2. The Morgan fingerprint density at radius 2 is 1.86 bits per heavy atom. The Kier molecular flexibility index (Phi) is 6.96. The highest BCUT2D eigenvalue weighted by atomic mass is 16.7. The van der Waals surface area contributed by atoms with Gasteiger partial charge in [0.2, 0.25) is 5.95 Å². The smallest absolute Gasteiger partial charge is 0.346 e. The van der Waals surface area contributed by atoms with E-state index in [1.165, 1.54) is 5.06 Å². The first-order valence-corrected chi connectivity index (χ1v) is 11.6. The Bertz CT molecular complexity index is 1460. The zero-order valence-electron chi connectivity index (χ0n) is 20.4.